The van der Waals surface area contributed by atoms with Gasteiger partial charge in [0.2, 0.25) is 0 Å². The van der Waals surface area contributed by atoms with E-state index in [0.717, 1.165) is 0 Å². The zero-order chi connectivity index (χ0) is 10.6. The summed E-state index contributed by atoms with van der Waals surface area (Å²) in [5, 5.41) is 0. The molecule has 1 rings (SSSR count). The Morgan fingerprint density at radius 1 is 1.29 bits per heavy atom. The maximum atomic E-state index is 11.9. The topological polar surface area (TPSA) is 38.9 Å². The first-order chi connectivity index (χ1) is 6.49. The Hall–Kier alpha value is -1.10. The molecule has 0 bridgehead atoms. The molecule has 0 aromatic carbocycles. The number of pyridine rings is 1. The number of aromatic nitrogens is 1. The first-order valence-corrected chi connectivity index (χ1v) is 4.21. The molecule has 0 spiro atoms. The fourth-order valence-electron chi connectivity index (χ4n) is 1.10. The minimum atomic E-state index is -4.13. The van der Waals surface area contributed by atoms with Crippen LogP contribution in [0.1, 0.15) is 24.4 Å². The third-order valence-corrected chi connectivity index (χ3v) is 1.87. The van der Waals surface area contributed by atoms with Gasteiger partial charge in [-0.25, -0.2) is 0 Å². The third kappa shape index (κ3) is 3.74. The highest BCUT2D eigenvalue weighted by molar-refractivity contribution is 5.14. The van der Waals surface area contributed by atoms with Crippen LogP contribution in [0.5, 0.6) is 0 Å². The average molecular weight is 204 g/mol. The van der Waals surface area contributed by atoms with Crippen LogP contribution in [0.25, 0.3) is 0 Å². The number of halogens is 3. The lowest BCUT2D eigenvalue weighted by atomic mass is 10.0. The molecular formula is C9H11F3N2. The normalized spacial score (nSPS) is 14.0. The summed E-state index contributed by atoms with van der Waals surface area (Å²) in [5.74, 6) is 0. The minimum absolute atomic E-state index is 0.0898. The summed E-state index contributed by atoms with van der Waals surface area (Å²) in [7, 11) is 0. The molecule has 1 unspecified atom stereocenters. The van der Waals surface area contributed by atoms with Gasteiger partial charge in [-0.05, 0) is 24.1 Å². The van der Waals surface area contributed by atoms with E-state index in [9.17, 15) is 13.2 Å². The Labute approximate surface area is 79.9 Å². The maximum Gasteiger partial charge on any atom is 0.389 e. The van der Waals surface area contributed by atoms with Gasteiger partial charge in [-0.3, -0.25) is 4.98 Å². The molecule has 2 nitrogen and oxygen atoms in total. The van der Waals surface area contributed by atoms with Gasteiger partial charge in [-0.2, -0.15) is 13.2 Å². The van der Waals surface area contributed by atoms with Gasteiger partial charge in [0.25, 0.3) is 0 Å². The Balaban J connectivity index is 2.48. The van der Waals surface area contributed by atoms with E-state index in [1.807, 2.05) is 0 Å². The van der Waals surface area contributed by atoms with Crippen molar-refractivity contribution in [2.45, 2.75) is 25.1 Å². The second-order valence-corrected chi connectivity index (χ2v) is 3.04. The van der Waals surface area contributed by atoms with Crippen LogP contribution in [0.2, 0.25) is 0 Å². The van der Waals surface area contributed by atoms with E-state index in [4.69, 9.17) is 5.73 Å². The molecule has 0 fully saturated rings. The van der Waals surface area contributed by atoms with Crippen molar-refractivity contribution < 1.29 is 13.2 Å². The maximum absolute atomic E-state index is 11.9. The summed E-state index contributed by atoms with van der Waals surface area (Å²) < 4.78 is 35.6. The molecule has 0 aliphatic carbocycles. The minimum Gasteiger partial charge on any atom is -0.324 e. The van der Waals surface area contributed by atoms with Gasteiger partial charge in [0, 0.05) is 24.9 Å². The first kappa shape index (κ1) is 11.0. The highest BCUT2D eigenvalue weighted by atomic mass is 19.4. The molecule has 1 aromatic rings. The van der Waals surface area contributed by atoms with Crippen molar-refractivity contribution >= 4 is 0 Å². The molecule has 0 aliphatic heterocycles. The van der Waals surface area contributed by atoms with Gasteiger partial charge in [0.1, 0.15) is 0 Å². The quantitative estimate of drug-likeness (QED) is 0.821. The van der Waals surface area contributed by atoms with Crippen LogP contribution in [-0.2, 0) is 0 Å². The molecule has 5 heteroatoms. The predicted octanol–water partition coefficient (Wildman–Crippen LogP) is 2.42. The Morgan fingerprint density at radius 2 is 1.86 bits per heavy atom. The second-order valence-electron chi connectivity index (χ2n) is 3.04. The van der Waals surface area contributed by atoms with E-state index < -0.39 is 18.6 Å². The molecule has 0 saturated heterocycles. The molecule has 0 aliphatic rings. The number of hydrogen-bond donors (Lipinski definition) is 1. The van der Waals surface area contributed by atoms with Crippen molar-refractivity contribution in [1.29, 1.82) is 0 Å². The smallest absolute Gasteiger partial charge is 0.324 e. The first-order valence-electron chi connectivity index (χ1n) is 4.21. The fraction of sp³-hybridized carbons (Fsp3) is 0.444. The van der Waals surface area contributed by atoms with Gasteiger partial charge in [0.05, 0.1) is 0 Å². The molecule has 14 heavy (non-hydrogen) atoms. The summed E-state index contributed by atoms with van der Waals surface area (Å²) >= 11 is 0. The van der Waals surface area contributed by atoms with E-state index in [0.29, 0.717) is 5.56 Å². The van der Waals surface area contributed by atoms with E-state index in [1.165, 1.54) is 12.4 Å². The van der Waals surface area contributed by atoms with Crippen LogP contribution < -0.4 is 5.73 Å². The van der Waals surface area contributed by atoms with Crippen LogP contribution in [-0.4, -0.2) is 11.2 Å². The molecule has 0 saturated carbocycles. The lowest BCUT2D eigenvalue weighted by molar-refractivity contribution is -0.136. The number of rotatable bonds is 3. The van der Waals surface area contributed by atoms with E-state index in [-0.39, 0.29) is 6.42 Å². The molecular weight excluding hydrogens is 193 g/mol. The summed E-state index contributed by atoms with van der Waals surface area (Å²) in [5.41, 5.74) is 6.26. The van der Waals surface area contributed by atoms with Crippen molar-refractivity contribution in [2.75, 3.05) is 0 Å². The van der Waals surface area contributed by atoms with Crippen LogP contribution >= 0.6 is 0 Å². The number of nitrogens with two attached hydrogens (primary N) is 1. The average Bonchev–Trinajstić information content (AvgIpc) is 2.14. The Morgan fingerprint density at radius 3 is 2.36 bits per heavy atom. The second kappa shape index (κ2) is 4.41. The molecule has 0 amide bonds. The van der Waals surface area contributed by atoms with Gasteiger partial charge in [0.15, 0.2) is 0 Å². The molecule has 1 aromatic heterocycles. The monoisotopic (exact) mass is 204 g/mol. The molecule has 1 heterocycles. The Bertz CT molecular complexity index is 271. The van der Waals surface area contributed by atoms with E-state index in [2.05, 4.69) is 4.98 Å². The van der Waals surface area contributed by atoms with Gasteiger partial charge in [-0.15, -0.1) is 0 Å². The van der Waals surface area contributed by atoms with Crippen LogP contribution in [0.3, 0.4) is 0 Å². The molecule has 0 radical (unpaired) electrons. The van der Waals surface area contributed by atoms with Crippen molar-refractivity contribution in [3.8, 4) is 0 Å². The standard InChI is InChI=1S/C9H11F3N2/c10-9(11,12)4-1-8(13)7-2-5-14-6-3-7/h2-3,5-6,8H,1,4,13H2. The van der Waals surface area contributed by atoms with Crippen LogP contribution in [0, 0.1) is 0 Å². The van der Waals surface area contributed by atoms with Crippen molar-refractivity contribution in [2.24, 2.45) is 5.73 Å². The predicted molar refractivity (Wildman–Crippen MR) is 46.5 cm³/mol. The van der Waals surface area contributed by atoms with Gasteiger partial charge >= 0.3 is 6.18 Å². The van der Waals surface area contributed by atoms with Crippen LogP contribution in [0.4, 0.5) is 13.2 Å². The Kier molecular flexibility index (Phi) is 3.46. The lowest BCUT2D eigenvalue weighted by Crippen LogP contribution is -2.15. The van der Waals surface area contributed by atoms with E-state index in [1.54, 1.807) is 12.1 Å². The number of alkyl halides is 3. The summed E-state index contributed by atoms with van der Waals surface area (Å²) in [6.07, 6.45) is -2.04. The highest BCUT2D eigenvalue weighted by Crippen LogP contribution is 2.25. The third-order valence-electron chi connectivity index (χ3n) is 1.87. The number of hydrogen-bond acceptors (Lipinski definition) is 2. The zero-order valence-corrected chi connectivity index (χ0v) is 7.46. The van der Waals surface area contributed by atoms with Crippen molar-refractivity contribution in [3.63, 3.8) is 0 Å². The van der Waals surface area contributed by atoms with Crippen molar-refractivity contribution in [1.82, 2.24) is 4.98 Å². The molecule has 78 valence electrons. The zero-order valence-electron chi connectivity index (χ0n) is 7.46. The molecule has 2 N–H and O–H groups in total. The fourth-order valence-corrected chi connectivity index (χ4v) is 1.10. The van der Waals surface area contributed by atoms with Crippen LogP contribution in [0.15, 0.2) is 24.5 Å². The highest BCUT2D eigenvalue weighted by Gasteiger charge is 2.27. The summed E-state index contributed by atoms with van der Waals surface area (Å²) in [6, 6.07) is 2.68. The van der Waals surface area contributed by atoms with Crippen molar-refractivity contribution in [3.05, 3.63) is 30.1 Å². The summed E-state index contributed by atoms with van der Waals surface area (Å²) in [6.45, 7) is 0. The largest absolute Gasteiger partial charge is 0.389 e. The number of nitrogens with zero attached hydrogens (tertiary/aromatic N) is 1. The molecule has 1 atom stereocenters. The van der Waals surface area contributed by atoms with Gasteiger partial charge < -0.3 is 5.73 Å². The SMILES string of the molecule is NC(CCC(F)(F)F)c1ccncc1. The summed E-state index contributed by atoms with van der Waals surface area (Å²) in [4.78, 5) is 3.76. The lowest BCUT2D eigenvalue weighted by Gasteiger charge is -2.12. The van der Waals surface area contributed by atoms with E-state index >= 15 is 0 Å². The van der Waals surface area contributed by atoms with Gasteiger partial charge in [-0.1, -0.05) is 0 Å².